The van der Waals surface area contributed by atoms with Gasteiger partial charge in [-0.3, -0.25) is 4.98 Å². The number of nitrogen functional groups attached to an aromatic ring is 1. The van der Waals surface area contributed by atoms with Gasteiger partial charge in [-0.05, 0) is 12.5 Å². The van der Waals surface area contributed by atoms with E-state index in [4.69, 9.17) is 10.2 Å². The molecule has 0 atom stereocenters. The first-order valence-electron chi connectivity index (χ1n) is 6.37. The van der Waals surface area contributed by atoms with E-state index in [9.17, 15) is 4.79 Å². The monoisotopic (exact) mass is 273 g/mol. The topological polar surface area (TPSA) is 113 Å². The fraction of sp³-hybridized carbons (Fsp3) is 0.231. The van der Waals surface area contributed by atoms with Crippen LogP contribution in [0.3, 0.4) is 0 Å². The highest BCUT2D eigenvalue weighted by atomic mass is 16.4. The molecule has 0 amide bonds. The summed E-state index contributed by atoms with van der Waals surface area (Å²) in [6.07, 6.45) is 5.34. The lowest BCUT2D eigenvalue weighted by Gasteiger charge is -2.08. The minimum atomic E-state index is -0.477. The van der Waals surface area contributed by atoms with Crippen molar-refractivity contribution < 1.29 is 4.42 Å². The molecule has 0 aliphatic rings. The number of aromatic nitrogens is 3. The number of oxazole rings is 1. The molecule has 0 radical (unpaired) electrons. The van der Waals surface area contributed by atoms with Crippen LogP contribution < -0.4 is 16.8 Å². The zero-order valence-corrected chi connectivity index (χ0v) is 10.8. The second kappa shape index (κ2) is 5.12. The van der Waals surface area contributed by atoms with Crippen LogP contribution in [0.5, 0.6) is 0 Å². The van der Waals surface area contributed by atoms with Crippen molar-refractivity contribution in [3.05, 3.63) is 40.9 Å². The first kappa shape index (κ1) is 12.3. The highest BCUT2D eigenvalue weighted by Crippen LogP contribution is 2.24. The lowest BCUT2D eigenvalue weighted by Crippen LogP contribution is -2.05. The van der Waals surface area contributed by atoms with Crippen LogP contribution >= 0.6 is 0 Å². The number of fused-ring (bicyclic) bond motifs is 1. The average molecular weight is 273 g/mol. The number of aryl methyl sites for hydroxylation is 1. The number of benzene rings is 1. The number of H-pyrrole nitrogens is 2. The van der Waals surface area contributed by atoms with Crippen LogP contribution in [0.15, 0.2) is 33.7 Å². The Morgan fingerprint density at radius 1 is 1.40 bits per heavy atom. The number of anilines is 2. The van der Waals surface area contributed by atoms with Gasteiger partial charge in [0.2, 0.25) is 0 Å². The Morgan fingerprint density at radius 2 is 2.30 bits per heavy atom. The smallest absolute Gasteiger partial charge is 0.408 e. The second-order valence-corrected chi connectivity index (χ2v) is 4.52. The summed E-state index contributed by atoms with van der Waals surface area (Å²) in [6, 6.07) is 3.42. The Labute approximate surface area is 114 Å². The maximum atomic E-state index is 11.1. The fourth-order valence-electron chi connectivity index (χ4n) is 2.08. The third kappa shape index (κ3) is 2.51. The van der Waals surface area contributed by atoms with Crippen molar-refractivity contribution >= 4 is 22.5 Å². The van der Waals surface area contributed by atoms with Crippen LogP contribution in [-0.4, -0.2) is 21.5 Å². The molecule has 0 saturated heterocycles. The average Bonchev–Trinajstić information content (AvgIpc) is 3.03. The van der Waals surface area contributed by atoms with E-state index >= 15 is 0 Å². The van der Waals surface area contributed by atoms with Crippen molar-refractivity contribution in [2.24, 2.45) is 0 Å². The van der Waals surface area contributed by atoms with Gasteiger partial charge in [-0.2, -0.15) is 0 Å². The molecule has 20 heavy (non-hydrogen) atoms. The molecule has 0 bridgehead atoms. The summed E-state index contributed by atoms with van der Waals surface area (Å²) >= 11 is 0. The van der Waals surface area contributed by atoms with Gasteiger partial charge in [-0.1, -0.05) is 0 Å². The summed E-state index contributed by atoms with van der Waals surface area (Å²) in [5.74, 6) is 0.490. The van der Waals surface area contributed by atoms with E-state index in [-0.39, 0.29) is 0 Å². The van der Waals surface area contributed by atoms with Gasteiger partial charge < -0.3 is 20.5 Å². The van der Waals surface area contributed by atoms with E-state index in [0.29, 0.717) is 16.8 Å². The maximum absolute atomic E-state index is 11.1. The van der Waals surface area contributed by atoms with E-state index < -0.39 is 5.76 Å². The first-order chi connectivity index (χ1) is 9.72. The van der Waals surface area contributed by atoms with E-state index in [1.165, 1.54) is 0 Å². The number of hydrogen-bond acceptors (Lipinski definition) is 5. The fourth-order valence-corrected chi connectivity index (χ4v) is 2.08. The molecule has 7 nitrogen and oxygen atoms in total. The molecule has 0 aliphatic carbocycles. The molecule has 2 heterocycles. The lowest BCUT2D eigenvalue weighted by atomic mass is 10.2. The molecule has 5 N–H and O–H groups in total. The molecule has 7 heteroatoms. The normalized spacial score (nSPS) is 11.0. The van der Waals surface area contributed by atoms with Gasteiger partial charge in [0.25, 0.3) is 0 Å². The van der Waals surface area contributed by atoms with Crippen LogP contribution in [-0.2, 0) is 6.42 Å². The number of nitrogens with zero attached hydrogens (tertiary/aromatic N) is 1. The molecule has 1 aromatic carbocycles. The SMILES string of the molecule is Nc1cc2oc(=O)[nH]c2cc1NCCCc1ncc[nH]1. The van der Waals surface area contributed by atoms with E-state index in [1.807, 2.05) is 6.20 Å². The second-order valence-electron chi connectivity index (χ2n) is 4.52. The van der Waals surface area contributed by atoms with Gasteiger partial charge in [0.15, 0.2) is 5.58 Å². The van der Waals surface area contributed by atoms with Gasteiger partial charge in [-0.15, -0.1) is 0 Å². The van der Waals surface area contributed by atoms with Crippen molar-refractivity contribution in [3.63, 3.8) is 0 Å². The summed E-state index contributed by atoms with van der Waals surface area (Å²) in [5.41, 5.74) is 8.36. The summed E-state index contributed by atoms with van der Waals surface area (Å²) in [4.78, 5) is 20.9. The molecular weight excluding hydrogens is 258 g/mol. The van der Waals surface area contributed by atoms with Crippen LogP contribution in [0.4, 0.5) is 11.4 Å². The highest BCUT2D eigenvalue weighted by molar-refractivity contribution is 5.85. The maximum Gasteiger partial charge on any atom is 0.417 e. The number of imidazole rings is 1. The standard InChI is InChI=1S/C13H15N5O2/c14-8-6-11-10(18-13(19)20-11)7-9(8)15-3-1-2-12-16-4-5-17-12/h4-7,15H,1-3,14H2,(H,16,17)(H,18,19). The molecule has 0 spiro atoms. The number of nitrogens with one attached hydrogen (secondary N) is 3. The van der Waals surface area contributed by atoms with Crippen molar-refractivity contribution in [1.29, 1.82) is 0 Å². The van der Waals surface area contributed by atoms with Gasteiger partial charge in [-0.25, -0.2) is 9.78 Å². The molecule has 0 saturated carbocycles. The number of rotatable bonds is 5. The minimum Gasteiger partial charge on any atom is -0.408 e. The van der Waals surface area contributed by atoms with Crippen LogP contribution in [0.25, 0.3) is 11.1 Å². The van der Waals surface area contributed by atoms with Gasteiger partial charge in [0.05, 0.1) is 16.9 Å². The zero-order chi connectivity index (χ0) is 13.9. The van der Waals surface area contributed by atoms with Gasteiger partial charge in [0.1, 0.15) is 5.82 Å². The van der Waals surface area contributed by atoms with E-state index in [0.717, 1.165) is 30.9 Å². The van der Waals surface area contributed by atoms with Crippen LogP contribution in [0, 0.1) is 0 Å². The number of hydrogen-bond donors (Lipinski definition) is 4. The third-order valence-electron chi connectivity index (χ3n) is 3.05. The Balaban J connectivity index is 1.64. The molecule has 0 fully saturated rings. The largest absolute Gasteiger partial charge is 0.417 e. The molecule has 2 aromatic heterocycles. The lowest BCUT2D eigenvalue weighted by molar-refractivity contribution is 0.555. The molecule has 0 aliphatic heterocycles. The Morgan fingerprint density at radius 3 is 3.10 bits per heavy atom. The Kier molecular flexibility index (Phi) is 3.16. The van der Waals surface area contributed by atoms with Crippen molar-refractivity contribution in [2.45, 2.75) is 12.8 Å². The van der Waals surface area contributed by atoms with Crippen molar-refractivity contribution in [2.75, 3.05) is 17.6 Å². The molecule has 0 unspecified atom stereocenters. The highest BCUT2D eigenvalue weighted by Gasteiger charge is 2.06. The van der Waals surface area contributed by atoms with Gasteiger partial charge >= 0.3 is 5.76 Å². The molecule has 104 valence electrons. The Bertz CT molecular complexity index is 757. The summed E-state index contributed by atoms with van der Waals surface area (Å²) in [7, 11) is 0. The van der Waals surface area contributed by atoms with Crippen LogP contribution in [0.1, 0.15) is 12.2 Å². The summed E-state index contributed by atoms with van der Waals surface area (Å²) < 4.78 is 4.95. The van der Waals surface area contributed by atoms with E-state index in [1.54, 1.807) is 18.3 Å². The first-order valence-corrected chi connectivity index (χ1v) is 6.37. The summed E-state index contributed by atoms with van der Waals surface area (Å²) in [6.45, 7) is 0.762. The van der Waals surface area contributed by atoms with Gasteiger partial charge in [0, 0.05) is 31.4 Å². The van der Waals surface area contributed by atoms with Crippen molar-refractivity contribution in [3.8, 4) is 0 Å². The predicted octanol–water partition coefficient (Wildman–Crippen LogP) is 1.47. The number of aromatic amines is 2. The minimum absolute atomic E-state index is 0.466. The summed E-state index contributed by atoms with van der Waals surface area (Å²) in [5, 5.41) is 3.25. The zero-order valence-electron chi connectivity index (χ0n) is 10.8. The van der Waals surface area contributed by atoms with E-state index in [2.05, 4.69) is 20.3 Å². The molecule has 3 aromatic rings. The predicted molar refractivity (Wildman–Crippen MR) is 76.6 cm³/mol. The third-order valence-corrected chi connectivity index (χ3v) is 3.05. The Hall–Kier alpha value is -2.70. The molecule has 3 rings (SSSR count). The van der Waals surface area contributed by atoms with Crippen LogP contribution in [0.2, 0.25) is 0 Å². The van der Waals surface area contributed by atoms with Crippen molar-refractivity contribution in [1.82, 2.24) is 15.0 Å². The number of nitrogens with two attached hydrogens (primary N) is 1. The quantitative estimate of drug-likeness (QED) is 0.415. The molecular formula is C13H15N5O2.